The molecule has 0 fully saturated rings. The van der Waals surface area contributed by atoms with Crippen molar-refractivity contribution in [1.82, 2.24) is 0 Å². The van der Waals surface area contributed by atoms with E-state index in [-0.39, 0.29) is 5.38 Å². The molecule has 1 unspecified atom stereocenters. The van der Waals surface area contributed by atoms with Crippen LogP contribution in [-0.2, 0) is 0 Å². The average molecular weight is 330 g/mol. The van der Waals surface area contributed by atoms with E-state index in [4.69, 9.17) is 11.6 Å². The van der Waals surface area contributed by atoms with Gasteiger partial charge < -0.3 is 0 Å². The van der Waals surface area contributed by atoms with Crippen molar-refractivity contribution in [2.24, 2.45) is 0 Å². The summed E-state index contributed by atoms with van der Waals surface area (Å²) in [5.74, 6) is 0. The Kier molecular flexibility index (Phi) is 3.96. The predicted molar refractivity (Wildman–Crippen MR) is 80.4 cm³/mol. The third kappa shape index (κ3) is 2.75. The van der Waals surface area contributed by atoms with Crippen LogP contribution in [0.4, 0.5) is 0 Å². The standard InChI is InChI=1S/C14H14BrClS/c1-8-4-5-11(6-9(8)2)13(16)12-7-10(3)14(15)17-12/h4-7,13H,1-3H3. The summed E-state index contributed by atoms with van der Waals surface area (Å²) in [7, 11) is 0. The van der Waals surface area contributed by atoms with Crippen LogP contribution in [-0.4, -0.2) is 0 Å². The Morgan fingerprint density at radius 2 is 1.76 bits per heavy atom. The lowest BCUT2D eigenvalue weighted by atomic mass is 10.0. The SMILES string of the molecule is Cc1ccc(C(Cl)c2cc(C)c(Br)s2)cc1C. The van der Waals surface area contributed by atoms with Gasteiger partial charge in [0.25, 0.3) is 0 Å². The molecule has 0 aliphatic heterocycles. The van der Waals surface area contributed by atoms with E-state index in [1.165, 1.54) is 30.9 Å². The second kappa shape index (κ2) is 5.13. The maximum atomic E-state index is 6.53. The number of alkyl halides is 1. The van der Waals surface area contributed by atoms with Crippen molar-refractivity contribution in [2.75, 3.05) is 0 Å². The molecule has 0 saturated heterocycles. The van der Waals surface area contributed by atoms with Crippen LogP contribution in [0.2, 0.25) is 0 Å². The van der Waals surface area contributed by atoms with Crippen LogP contribution in [0.15, 0.2) is 28.1 Å². The fourth-order valence-corrected chi connectivity index (χ4v) is 3.60. The second-order valence-electron chi connectivity index (χ2n) is 4.31. The van der Waals surface area contributed by atoms with Crippen molar-refractivity contribution in [3.05, 3.63) is 55.2 Å². The first-order valence-corrected chi connectivity index (χ1v) is 7.50. The minimum absolute atomic E-state index is 0.0516. The molecule has 0 radical (unpaired) electrons. The van der Waals surface area contributed by atoms with E-state index in [0.717, 1.165) is 0 Å². The molecule has 0 nitrogen and oxygen atoms in total. The summed E-state index contributed by atoms with van der Waals surface area (Å²) in [4.78, 5) is 1.19. The van der Waals surface area contributed by atoms with Crippen molar-refractivity contribution in [3.8, 4) is 0 Å². The Hall–Kier alpha value is -0.310. The molecule has 0 aliphatic carbocycles. The fourth-order valence-electron chi connectivity index (χ4n) is 1.69. The van der Waals surface area contributed by atoms with E-state index in [2.05, 4.69) is 61.0 Å². The molecular formula is C14H14BrClS. The fraction of sp³-hybridized carbons (Fsp3) is 0.286. The molecule has 2 aromatic rings. The minimum atomic E-state index is -0.0516. The molecule has 0 bridgehead atoms. The smallest absolute Gasteiger partial charge is 0.0928 e. The summed E-state index contributed by atoms with van der Waals surface area (Å²) in [5.41, 5.74) is 5.02. The lowest BCUT2D eigenvalue weighted by Gasteiger charge is -2.10. The Balaban J connectivity index is 2.36. The highest BCUT2D eigenvalue weighted by atomic mass is 79.9. The van der Waals surface area contributed by atoms with Gasteiger partial charge in [-0.1, -0.05) is 18.2 Å². The maximum absolute atomic E-state index is 6.53. The van der Waals surface area contributed by atoms with Gasteiger partial charge in [0.2, 0.25) is 0 Å². The van der Waals surface area contributed by atoms with Crippen LogP contribution in [0.25, 0.3) is 0 Å². The Labute approximate surface area is 120 Å². The van der Waals surface area contributed by atoms with Gasteiger partial charge in [0.1, 0.15) is 0 Å². The quantitative estimate of drug-likeness (QED) is 0.614. The van der Waals surface area contributed by atoms with Crippen LogP contribution in [0, 0.1) is 20.8 Å². The largest absolute Gasteiger partial charge is 0.131 e. The van der Waals surface area contributed by atoms with Gasteiger partial charge in [-0.15, -0.1) is 22.9 Å². The lowest BCUT2D eigenvalue weighted by molar-refractivity contribution is 1.16. The van der Waals surface area contributed by atoms with Gasteiger partial charge in [-0.25, -0.2) is 0 Å². The summed E-state index contributed by atoms with van der Waals surface area (Å²) in [6.45, 7) is 6.33. The van der Waals surface area contributed by atoms with Crippen molar-refractivity contribution < 1.29 is 0 Å². The maximum Gasteiger partial charge on any atom is 0.0928 e. The zero-order valence-corrected chi connectivity index (χ0v) is 13.2. The number of rotatable bonds is 2. The Morgan fingerprint density at radius 1 is 1.06 bits per heavy atom. The number of halogens is 2. The number of hydrogen-bond acceptors (Lipinski definition) is 1. The van der Waals surface area contributed by atoms with E-state index in [1.807, 2.05) is 0 Å². The first-order chi connectivity index (χ1) is 7.99. The molecule has 1 aromatic heterocycles. The first kappa shape index (κ1) is 13.1. The molecule has 2 rings (SSSR count). The van der Waals surface area contributed by atoms with Crippen molar-refractivity contribution in [1.29, 1.82) is 0 Å². The van der Waals surface area contributed by atoms with E-state index in [9.17, 15) is 0 Å². The van der Waals surface area contributed by atoms with E-state index >= 15 is 0 Å². The highest BCUT2D eigenvalue weighted by Gasteiger charge is 2.15. The highest BCUT2D eigenvalue weighted by molar-refractivity contribution is 9.11. The molecule has 0 N–H and O–H groups in total. The van der Waals surface area contributed by atoms with Crippen LogP contribution in [0.5, 0.6) is 0 Å². The summed E-state index contributed by atoms with van der Waals surface area (Å²) in [6.07, 6.45) is 0. The molecule has 0 saturated carbocycles. The summed E-state index contributed by atoms with van der Waals surface area (Å²) in [5, 5.41) is -0.0516. The van der Waals surface area contributed by atoms with E-state index in [0.29, 0.717) is 0 Å². The number of thiophene rings is 1. The molecular weight excluding hydrogens is 316 g/mol. The topological polar surface area (TPSA) is 0 Å². The van der Waals surface area contributed by atoms with Gasteiger partial charge in [0.15, 0.2) is 0 Å². The molecule has 90 valence electrons. The Bertz CT molecular complexity index is 526. The van der Waals surface area contributed by atoms with Gasteiger partial charge in [0.05, 0.1) is 9.16 Å². The van der Waals surface area contributed by atoms with Gasteiger partial charge in [-0.2, -0.15) is 0 Å². The summed E-state index contributed by atoms with van der Waals surface area (Å²) < 4.78 is 1.17. The molecule has 1 heterocycles. The molecule has 3 heteroatoms. The van der Waals surface area contributed by atoms with Gasteiger partial charge in [-0.3, -0.25) is 0 Å². The highest BCUT2D eigenvalue weighted by Crippen LogP contribution is 2.38. The van der Waals surface area contributed by atoms with Crippen molar-refractivity contribution in [2.45, 2.75) is 26.1 Å². The van der Waals surface area contributed by atoms with E-state index < -0.39 is 0 Å². The van der Waals surface area contributed by atoms with Gasteiger partial charge in [0, 0.05) is 4.88 Å². The zero-order chi connectivity index (χ0) is 12.6. The Morgan fingerprint density at radius 3 is 2.29 bits per heavy atom. The molecule has 0 amide bonds. The van der Waals surface area contributed by atoms with Gasteiger partial charge >= 0.3 is 0 Å². The second-order valence-corrected chi connectivity index (χ2v) is 7.15. The third-order valence-electron chi connectivity index (χ3n) is 2.95. The van der Waals surface area contributed by atoms with Crippen LogP contribution in [0.3, 0.4) is 0 Å². The molecule has 17 heavy (non-hydrogen) atoms. The lowest BCUT2D eigenvalue weighted by Crippen LogP contribution is -1.92. The predicted octanol–water partition coefficient (Wildman–Crippen LogP) is 5.76. The van der Waals surface area contributed by atoms with Crippen molar-refractivity contribution >= 4 is 38.9 Å². The zero-order valence-electron chi connectivity index (χ0n) is 10.1. The van der Waals surface area contributed by atoms with Crippen molar-refractivity contribution in [3.63, 3.8) is 0 Å². The van der Waals surface area contributed by atoms with Gasteiger partial charge in [-0.05, 0) is 65.0 Å². The van der Waals surface area contributed by atoms with E-state index in [1.54, 1.807) is 11.3 Å². The molecule has 0 spiro atoms. The molecule has 1 atom stereocenters. The number of benzene rings is 1. The summed E-state index contributed by atoms with van der Waals surface area (Å²) in [6, 6.07) is 8.58. The number of hydrogen-bond donors (Lipinski definition) is 0. The normalized spacial score (nSPS) is 12.8. The van der Waals surface area contributed by atoms with Crippen LogP contribution >= 0.6 is 38.9 Å². The minimum Gasteiger partial charge on any atom is -0.131 e. The van der Waals surface area contributed by atoms with Crippen LogP contribution < -0.4 is 0 Å². The monoisotopic (exact) mass is 328 g/mol. The molecule has 0 aliphatic rings. The molecule has 1 aromatic carbocycles. The number of aryl methyl sites for hydroxylation is 3. The van der Waals surface area contributed by atoms with Crippen LogP contribution in [0.1, 0.15) is 32.5 Å². The third-order valence-corrected chi connectivity index (χ3v) is 5.77. The average Bonchev–Trinajstić information content (AvgIpc) is 2.62. The summed E-state index contributed by atoms with van der Waals surface area (Å²) >= 11 is 11.8. The first-order valence-electron chi connectivity index (χ1n) is 5.46.